The Morgan fingerprint density at radius 1 is 1.00 bits per heavy atom. The van der Waals surface area contributed by atoms with Gasteiger partial charge < -0.3 is 10.6 Å². The van der Waals surface area contributed by atoms with Gasteiger partial charge in [0.05, 0.1) is 18.3 Å². The molecule has 4 nitrogen and oxygen atoms in total. The summed E-state index contributed by atoms with van der Waals surface area (Å²) in [4.78, 5) is 16.3. The third kappa shape index (κ3) is 4.66. The maximum Gasteiger partial charge on any atom is 0.229 e. The van der Waals surface area contributed by atoms with Gasteiger partial charge in [-0.15, -0.1) is 0 Å². The molecule has 0 unspecified atom stereocenters. The van der Waals surface area contributed by atoms with Crippen molar-refractivity contribution in [1.29, 1.82) is 0 Å². The van der Waals surface area contributed by atoms with Crippen LogP contribution in [0.2, 0.25) is 0 Å². The smallest absolute Gasteiger partial charge is 0.229 e. The minimum absolute atomic E-state index is 0.0993. The van der Waals surface area contributed by atoms with E-state index in [4.69, 9.17) is 0 Å². The average molecular weight is 349 g/mol. The van der Waals surface area contributed by atoms with Gasteiger partial charge in [0.25, 0.3) is 0 Å². The lowest BCUT2D eigenvalue weighted by molar-refractivity contribution is -0.115. The molecule has 0 spiro atoms. The van der Waals surface area contributed by atoms with Gasteiger partial charge in [-0.1, -0.05) is 18.2 Å². The van der Waals surface area contributed by atoms with Crippen LogP contribution in [0.1, 0.15) is 16.7 Å². The maximum atomic E-state index is 13.2. The number of hydrogen-bond acceptors (Lipinski definition) is 3. The number of nitrogens with one attached hydrogen (secondary N) is 2. The highest BCUT2D eigenvalue weighted by molar-refractivity contribution is 5.91. The standard InChI is InChI=1S/C21H20FN3O/c1-14-6-7-18(10-15(14)2)24-19-8-9-20(23-13-19)25-21(26)12-16-4-3-5-17(22)11-16/h3-11,13,24H,12H2,1-2H3,(H,23,25,26). The van der Waals surface area contributed by atoms with E-state index in [-0.39, 0.29) is 18.1 Å². The summed E-state index contributed by atoms with van der Waals surface area (Å²) >= 11 is 0. The first kappa shape index (κ1) is 17.6. The van der Waals surface area contributed by atoms with Crippen LogP contribution in [0.4, 0.5) is 21.6 Å². The van der Waals surface area contributed by atoms with E-state index < -0.39 is 0 Å². The second-order valence-electron chi connectivity index (χ2n) is 6.21. The average Bonchev–Trinajstić information content (AvgIpc) is 2.60. The molecule has 3 aromatic rings. The van der Waals surface area contributed by atoms with Crippen molar-refractivity contribution >= 4 is 23.1 Å². The van der Waals surface area contributed by atoms with Crippen LogP contribution >= 0.6 is 0 Å². The minimum Gasteiger partial charge on any atom is -0.354 e. The van der Waals surface area contributed by atoms with Crippen molar-refractivity contribution in [2.24, 2.45) is 0 Å². The van der Waals surface area contributed by atoms with Crippen molar-refractivity contribution in [1.82, 2.24) is 4.98 Å². The van der Waals surface area contributed by atoms with Gasteiger partial charge in [0.2, 0.25) is 5.91 Å². The third-order valence-electron chi connectivity index (χ3n) is 4.08. The van der Waals surface area contributed by atoms with Gasteiger partial charge in [0.15, 0.2) is 0 Å². The molecule has 132 valence electrons. The number of rotatable bonds is 5. The summed E-state index contributed by atoms with van der Waals surface area (Å²) in [6.07, 6.45) is 1.76. The summed E-state index contributed by atoms with van der Waals surface area (Å²) in [7, 11) is 0. The monoisotopic (exact) mass is 349 g/mol. The Bertz CT molecular complexity index is 923. The molecule has 1 aromatic heterocycles. The molecule has 0 aliphatic carbocycles. The highest BCUT2D eigenvalue weighted by Crippen LogP contribution is 2.20. The Labute approximate surface area is 152 Å². The molecule has 1 heterocycles. The summed E-state index contributed by atoms with van der Waals surface area (Å²) in [6, 6.07) is 15.7. The normalized spacial score (nSPS) is 10.4. The summed E-state index contributed by atoms with van der Waals surface area (Å²) in [5, 5.41) is 6.00. The molecule has 2 aromatic carbocycles. The SMILES string of the molecule is Cc1ccc(Nc2ccc(NC(=O)Cc3cccc(F)c3)nc2)cc1C. The van der Waals surface area contributed by atoms with Crippen molar-refractivity contribution in [2.45, 2.75) is 20.3 Å². The second-order valence-corrected chi connectivity index (χ2v) is 6.21. The van der Waals surface area contributed by atoms with Gasteiger partial charge in [0, 0.05) is 5.69 Å². The van der Waals surface area contributed by atoms with Crippen LogP contribution in [0.15, 0.2) is 60.8 Å². The lowest BCUT2D eigenvalue weighted by Gasteiger charge is -2.10. The van der Waals surface area contributed by atoms with Crippen LogP contribution in [0, 0.1) is 19.7 Å². The van der Waals surface area contributed by atoms with Crippen molar-refractivity contribution < 1.29 is 9.18 Å². The lowest BCUT2D eigenvalue weighted by Crippen LogP contribution is -2.15. The van der Waals surface area contributed by atoms with Gasteiger partial charge in [-0.25, -0.2) is 9.37 Å². The number of carbonyl (C=O) groups is 1. The molecule has 0 saturated carbocycles. The first-order valence-electron chi connectivity index (χ1n) is 8.34. The van der Waals surface area contributed by atoms with Crippen LogP contribution in [-0.2, 0) is 11.2 Å². The van der Waals surface area contributed by atoms with E-state index in [1.807, 2.05) is 12.1 Å². The van der Waals surface area contributed by atoms with Gasteiger partial charge in [-0.3, -0.25) is 4.79 Å². The molecule has 0 atom stereocenters. The van der Waals surface area contributed by atoms with E-state index in [0.29, 0.717) is 11.4 Å². The molecule has 1 amide bonds. The number of amides is 1. The Morgan fingerprint density at radius 2 is 1.81 bits per heavy atom. The molecular weight excluding hydrogens is 329 g/mol. The third-order valence-corrected chi connectivity index (χ3v) is 4.08. The van der Waals surface area contributed by atoms with Crippen molar-refractivity contribution in [3.63, 3.8) is 0 Å². The highest BCUT2D eigenvalue weighted by Gasteiger charge is 2.06. The number of halogens is 1. The van der Waals surface area contributed by atoms with Crippen molar-refractivity contribution in [3.05, 3.63) is 83.3 Å². The maximum absolute atomic E-state index is 13.2. The van der Waals surface area contributed by atoms with Gasteiger partial charge in [-0.2, -0.15) is 0 Å². The van der Waals surface area contributed by atoms with Crippen molar-refractivity contribution in [3.8, 4) is 0 Å². The molecule has 0 bridgehead atoms. The highest BCUT2D eigenvalue weighted by atomic mass is 19.1. The fourth-order valence-electron chi connectivity index (χ4n) is 2.55. The number of aromatic nitrogens is 1. The van der Waals surface area contributed by atoms with Crippen LogP contribution in [-0.4, -0.2) is 10.9 Å². The number of carbonyl (C=O) groups excluding carboxylic acids is 1. The van der Waals surface area contributed by atoms with Crippen molar-refractivity contribution in [2.75, 3.05) is 10.6 Å². The van der Waals surface area contributed by atoms with Gasteiger partial charge in [-0.05, 0) is 66.9 Å². The van der Waals surface area contributed by atoms with E-state index in [9.17, 15) is 9.18 Å². The van der Waals surface area contributed by atoms with Gasteiger partial charge >= 0.3 is 0 Å². The van der Waals surface area contributed by atoms with E-state index in [0.717, 1.165) is 11.4 Å². The number of benzene rings is 2. The quantitative estimate of drug-likeness (QED) is 0.698. The Hall–Kier alpha value is -3.21. The fraction of sp³-hybridized carbons (Fsp3) is 0.143. The molecule has 0 radical (unpaired) electrons. The van der Waals surface area contributed by atoms with E-state index in [2.05, 4.69) is 41.6 Å². The van der Waals surface area contributed by atoms with E-state index in [1.165, 1.54) is 23.3 Å². The largest absolute Gasteiger partial charge is 0.354 e. The molecule has 0 fully saturated rings. The fourth-order valence-corrected chi connectivity index (χ4v) is 2.55. The summed E-state index contributed by atoms with van der Waals surface area (Å²) in [5.41, 5.74) is 4.89. The Morgan fingerprint density at radius 3 is 2.50 bits per heavy atom. The molecule has 3 rings (SSSR count). The molecule has 0 aliphatic rings. The second kappa shape index (κ2) is 7.78. The zero-order chi connectivity index (χ0) is 18.5. The zero-order valence-electron chi connectivity index (χ0n) is 14.7. The number of aryl methyl sites for hydroxylation is 2. The summed E-state index contributed by atoms with van der Waals surface area (Å²) in [5.74, 6) is -0.134. The number of anilines is 3. The summed E-state index contributed by atoms with van der Waals surface area (Å²) < 4.78 is 13.2. The Balaban J connectivity index is 1.60. The summed E-state index contributed by atoms with van der Waals surface area (Å²) in [6.45, 7) is 4.14. The number of nitrogens with zero attached hydrogens (tertiary/aromatic N) is 1. The number of pyridine rings is 1. The van der Waals surface area contributed by atoms with Crippen LogP contribution < -0.4 is 10.6 Å². The number of hydrogen-bond donors (Lipinski definition) is 2. The molecule has 0 saturated heterocycles. The molecule has 5 heteroatoms. The van der Waals surface area contributed by atoms with E-state index in [1.54, 1.807) is 24.4 Å². The Kier molecular flexibility index (Phi) is 5.27. The first-order chi connectivity index (χ1) is 12.5. The van der Waals surface area contributed by atoms with Gasteiger partial charge in [0.1, 0.15) is 11.6 Å². The predicted molar refractivity (Wildman–Crippen MR) is 102 cm³/mol. The predicted octanol–water partition coefficient (Wildman–Crippen LogP) is 4.76. The van der Waals surface area contributed by atoms with Crippen LogP contribution in [0.5, 0.6) is 0 Å². The minimum atomic E-state index is -0.352. The molecule has 26 heavy (non-hydrogen) atoms. The van der Waals surface area contributed by atoms with Crippen LogP contribution in [0.3, 0.4) is 0 Å². The first-order valence-corrected chi connectivity index (χ1v) is 8.34. The van der Waals surface area contributed by atoms with E-state index >= 15 is 0 Å². The topological polar surface area (TPSA) is 54.0 Å². The molecule has 0 aliphatic heterocycles. The zero-order valence-corrected chi connectivity index (χ0v) is 14.7. The van der Waals surface area contributed by atoms with Crippen LogP contribution in [0.25, 0.3) is 0 Å². The lowest BCUT2D eigenvalue weighted by atomic mass is 10.1. The molecular formula is C21H20FN3O. The molecule has 2 N–H and O–H groups in total.